The zero-order valence-corrected chi connectivity index (χ0v) is 12.2. The molecule has 2 amide bonds. The topological polar surface area (TPSA) is 78.4 Å². The number of rotatable bonds is 6. The lowest BCUT2D eigenvalue weighted by Gasteiger charge is -2.21. The number of carbonyl (C=O) groups excluding carboxylic acids is 1. The van der Waals surface area contributed by atoms with Crippen LogP contribution in [0.25, 0.3) is 0 Å². The monoisotopic (exact) mass is 284 g/mol. The molecular weight excluding hydrogens is 264 g/mol. The highest BCUT2D eigenvalue weighted by Crippen LogP contribution is 2.18. The number of amides is 2. The summed E-state index contributed by atoms with van der Waals surface area (Å²) in [6.07, 6.45) is 0.692. The molecular formula is C13H20N2O3S. The van der Waals surface area contributed by atoms with E-state index in [1.165, 1.54) is 0 Å². The van der Waals surface area contributed by atoms with Gasteiger partial charge >= 0.3 is 12.0 Å². The van der Waals surface area contributed by atoms with Crippen LogP contribution in [-0.2, 0) is 4.79 Å². The van der Waals surface area contributed by atoms with E-state index in [0.29, 0.717) is 6.42 Å². The van der Waals surface area contributed by atoms with Crippen LogP contribution in [-0.4, -0.2) is 23.1 Å². The van der Waals surface area contributed by atoms with Crippen molar-refractivity contribution in [2.75, 3.05) is 0 Å². The largest absolute Gasteiger partial charge is 0.480 e. The summed E-state index contributed by atoms with van der Waals surface area (Å²) < 4.78 is 0. The molecule has 1 aromatic heterocycles. The molecule has 0 spiro atoms. The normalized spacial score (nSPS) is 15.3. The summed E-state index contributed by atoms with van der Waals surface area (Å²) in [6.45, 7) is 5.57. The minimum atomic E-state index is -1.01. The molecule has 3 N–H and O–H groups in total. The van der Waals surface area contributed by atoms with Gasteiger partial charge in [0.25, 0.3) is 0 Å². The molecule has 1 rings (SSSR count). The van der Waals surface area contributed by atoms with E-state index in [0.717, 1.165) is 4.88 Å². The van der Waals surface area contributed by atoms with Gasteiger partial charge in [-0.1, -0.05) is 26.3 Å². The molecule has 0 radical (unpaired) electrons. The highest BCUT2D eigenvalue weighted by molar-refractivity contribution is 7.10. The summed E-state index contributed by atoms with van der Waals surface area (Å²) in [7, 11) is 0. The summed E-state index contributed by atoms with van der Waals surface area (Å²) in [4.78, 5) is 23.9. The molecule has 1 aromatic rings. The van der Waals surface area contributed by atoms with Gasteiger partial charge in [-0.05, 0) is 24.3 Å². The molecule has 0 aliphatic heterocycles. The second-order valence-electron chi connectivity index (χ2n) is 4.56. The molecule has 0 bridgehead atoms. The molecule has 2 unspecified atom stereocenters. The van der Waals surface area contributed by atoms with E-state index in [1.54, 1.807) is 11.3 Å². The maximum absolute atomic E-state index is 11.8. The van der Waals surface area contributed by atoms with Gasteiger partial charge in [0, 0.05) is 4.88 Å². The van der Waals surface area contributed by atoms with E-state index >= 15 is 0 Å². The molecule has 19 heavy (non-hydrogen) atoms. The Hall–Kier alpha value is -1.56. The van der Waals surface area contributed by atoms with Gasteiger partial charge in [-0.2, -0.15) is 0 Å². The van der Waals surface area contributed by atoms with Gasteiger partial charge in [-0.25, -0.2) is 9.59 Å². The smallest absolute Gasteiger partial charge is 0.326 e. The third kappa shape index (κ3) is 4.55. The summed E-state index contributed by atoms with van der Waals surface area (Å²) >= 11 is 1.55. The number of hydrogen-bond donors (Lipinski definition) is 3. The SMILES string of the molecule is CCC(C)[C@H](NC(=O)NC(C)c1cccs1)C(=O)O. The zero-order chi connectivity index (χ0) is 14.4. The first kappa shape index (κ1) is 15.5. The first-order valence-corrected chi connectivity index (χ1v) is 7.16. The predicted molar refractivity (Wildman–Crippen MR) is 75.3 cm³/mol. The van der Waals surface area contributed by atoms with E-state index in [4.69, 9.17) is 5.11 Å². The molecule has 0 aliphatic carbocycles. The van der Waals surface area contributed by atoms with Crippen molar-refractivity contribution in [2.45, 2.75) is 39.3 Å². The van der Waals surface area contributed by atoms with Crippen LogP contribution in [0.15, 0.2) is 17.5 Å². The Morgan fingerprint density at radius 2 is 2.05 bits per heavy atom. The van der Waals surface area contributed by atoms with Crippen molar-refractivity contribution in [1.29, 1.82) is 0 Å². The van der Waals surface area contributed by atoms with Gasteiger partial charge in [0.15, 0.2) is 0 Å². The first-order chi connectivity index (χ1) is 8.95. The standard InChI is InChI=1S/C13H20N2O3S/c1-4-8(2)11(12(16)17)15-13(18)14-9(3)10-6-5-7-19-10/h5-9,11H,4H2,1-3H3,(H,16,17)(H2,14,15,18)/t8?,9?,11-/m0/s1. The van der Waals surface area contributed by atoms with Gasteiger partial charge in [0.2, 0.25) is 0 Å². The third-order valence-corrected chi connectivity index (χ3v) is 4.14. The number of nitrogens with one attached hydrogen (secondary N) is 2. The van der Waals surface area contributed by atoms with Crippen LogP contribution in [0.3, 0.4) is 0 Å². The van der Waals surface area contributed by atoms with Gasteiger partial charge in [-0.15, -0.1) is 11.3 Å². The number of thiophene rings is 1. The van der Waals surface area contributed by atoms with Crippen LogP contribution >= 0.6 is 11.3 Å². The lowest BCUT2D eigenvalue weighted by molar-refractivity contribution is -0.140. The second-order valence-corrected chi connectivity index (χ2v) is 5.54. The fourth-order valence-electron chi connectivity index (χ4n) is 1.67. The molecule has 0 aliphatic rings. The Labute approximate surface area is 117 Å². The molecule has 3 atom stereocenters. The second kappa shape index (κ2) is 7.13. The van der Waals surface area contributed by atoms with Crippen LogP contribution in [0.1, 0.15) is 38.1 Å². The molecule has 0 aromatic carbocycles. The highest BCUT2D eigenvalue weighted by Gasteiger charge is 2.25. The zero-order valence-electron chi connectivity index (χ0n) is 11.3. The summed E-state index contributed by atoms with van der Waals surface area (Å²) in [5.41, 5.74) is 0. The Morgan fingerprint density at radius 3 is 2.53 bits per heavy atom. The fourth-order valence-corrected chi connectivity index (χ4v) is 2.41. The van der Waals surface area contributed by atoms with E-state index in [1.807, 2.05) is 38.3 Å². The molecule has 0 saturated heterocycles. The minimum absolute atomic E-state index is 0.111. The van der Waals surface area contributed by atoms with Crippen molar-refractivity contribution in [3.8, 4) is 0 Å². The average Bonchev–Trinajstić information content (AvgIpc) is 2.88. The Morgan fingerprint density at radius 1 is 1.37 bits per heavy atom. The van der Waals surface area contributed by atoms with Crippen molar-refractivity contribution in [1.82, 2.24) is 10.6 Å². The van der Waals surface area contributed by atoms with E-state index < -0.39 is 18.0 Å². The lowest BCUT2D eigenvalue weighted by Crippen LogP contribution is -2.49. The summed E-state index contributed by atoms with van der Waals surface area (Å²) in [5, 5.41) is 16.3. The number of urea groups is 1. The minimum Gasteiger partial charge on any atom is -0.480 e. The molecule has 0 fully saturated rings. The van der Waals surface area contributed by atoms with Gasteiger partial charge in [-0.3, -0.25) is 0 Å². The number of carbonyl (C=O) groups is 2. The lowest BCUT2D eigenvalue weighted by atomic mass is 9.99. The van der Waals surface area contributed by atoms with E-state index in [-0.39, 0.29) is 12.0 Å². The quantitative estimate of drug-likeness (QED) is 0.751. The molecule has 106 valence electrons. The molecule has 6 heteroatoms. The van der Waals surface area contributed by atoms with Crippen LogP contribution in [0.5, 0.6) is 0 Å². The molecule has 5 nitrogen and oxygen atoms in total. The van der Waals surface area contributed by atoms with Crippen molar-refractivity contribution in [3.63, 3.8) is 0 Å². The maximum Gasteiger partial charge on any atom is 0.326 e. The maximum atomic E-state index is 11.8. The van der Waals surface area contributed by atoms with Crippen LogP contribution in [0, 0.1) is 5.92 Å². The molecule has 0 saturated carbocycles. The first-order valence-electron chi connectivity index (χ1n) is 6.29. The van der Waals surface area contributed by atoms with Crippen LogP contribution in [0.2, 0.25) is 0 Å². The summed E-state index contributed by atoms with van der Waals surface area (Å²) in [5.74, 6) is -1.12. The number of aliphatic carboxylic acids is 1. The number of hydrogen-bond acceptors (Lipinski definition) is 3. The summed E-state index contributed by atoms with van der Waals surface area (Å²) in [6, 6.07) is 2.40. The van der Waals surface area contributed by atoms with Crippen molar-refractivity contribution in [2.24, 2.45) is 5.92 Å². The average molecular weight is 284 g/mol. The molecule has 1 heterocycles. The van der Waals surface area contributed by atoms with Gasteiger partial charge in [0.1, 0.15) is 6.04 Å². The number of carboxylic acids is 1. The van der Waals surface area contributed by atoms with Crippen molar-refractivity contribution < 1.29 is 14.7 Å². The van der Waals surface area contributed by atoms with Crippen molar-refractivity contribution in [3.05, 3.63) is 22.4 Å². The fraction of sp³-hybridized carbons (Fsp3) is 0.538. The Bertz CT molecular complexity index is 420. The van der Waals surface area contributed by atoms with Crippen LogP contribution < -0.4 is 10.6 Å². The highest BCUT2D eigenvalue weighted by atomic mass is 32.1. The van der Waals surface area contributed by atoms with Gasteiger partial charge < -0.3 is 15.7 Å². The Balaban J connectivity index is 2.56. The van der Waals surface area contributed by atoms with Crippen LogP contribution in [0.4, 0.5) is 4.79 Å². The Kier molecular flexibility index (Phi) is 5.82. The van der Waals surface area contributed by atoms with Crippen molar-refractivity contribution >= 4 is 23.3 Å². The van der Waals surface area contributed by atoms with E-state index in [2.05, 4.69) is 10.6 Å². The van der Waals surface area contributed by atoms with Gasteiger partial charge in [0.05, 0.1) is 6.04 Å². The third-order valence-electron chi connectivity index (χ3n) is 3.08. The predicted octanol–water partition coefficient (Wildman–Crippen LogP) is 2.61. The number of carboxylic acid groups (broad SMARTS) is 1. The van der Waals surface area contributed by atoms with E-state index in [9.17, 15) is 9.59 Å².